The van der Waals surface area contributed by atoms with Gasteiger partial charge in [-0.25, -0.2) is 9.97 Å². The molecule has 0 bridgehead atoms. The Hall–Kier alpha value is -5.10. The van der Waals surface area contributed by atoms with Crippen molar-refractivity contribution < 1.29 is 0 Å². The first-order chi connectivity index (χ1) is 21.2. The van der Waals surface area contributed by atoms with Gasteiger partial charge in [-0.05, 0) is 82.9 Å². The minimum atomic E-state index is 1.03. The van der Waals surface area contributed by atoms with Crippen LogP contribution in [0.15, 0.2) is 133 Å². The third-order valence-electron chi connectivity index (χ3n) is 8.08. The molecule has 6 aromatic carbocycles. The number of hydrogen-bond acceptors (Lipinski definition) is 4. The molecular weight excluding hydrogens is 563 g/mol. The first-order valence-corrected chi connectivity index (χ1v) is 15.9. The average Bonchev–Trinajstić information content (AvgIpc) is 3.79. The van der Waals surface area contributed by atoms with Crippen LogP contribution in [0.1, 0.15) is 0 Å². The van der Waals surface area contributed by atoms with E-state index in [2.05, 4.69) is 138 Å². The molecule has 0 aliphatic heterocycles. The highest BCUT2D eigenvalue weighted by atomic mass is 32.1. The largest absolute Gasteiger partial charge is 0.355 e. The molecule has 0 amide bonds. The number of aromatic amines is 1. The molecule has 3 heterocycles. The van der Waals surface area contributed by atoms with Gasteiger partial charge in [-0.15, -0.1) is 22.7 Å². The van der Waals surface area contributed by atoms with Gasteiger partial charge in [0.2, 0.25) is 0 Å². The lowest BCUT2D eigenvalue weighted by Gasteiger charge is -2.00. The van der Waals surface area contributed by atoms with Crippen molar-refractivity contribution in [1.29, 1.82) is 0 Å². The SMILES string of the molecule is c1ccc(-c2ccc3nc(-c4ccc5[nH]c6ccc(-c7nc8ccc(-c9ccccc9)cc8s7)cc6c5c4)sc3c2)cc1. The van der Waals surface area contributed by atoms with Gasteiger partial charge in [-0.1, -0.05) is 72.8 Å². The van der Waals surface area contributed by atoms with E-state index in [-0.39, 0.29) is 0 Å². The molecule has 0 atom stereocenters. The van der Waals surface area contributed by atoms with Crippen LogP contribution < -0.4 is 0 Å². The van der Waals surface area contributed by atoms with E-state index in [1.165, 1.54) is 42.4 Å². The lowest BCUT2D eigenvalue weighted by Crippen LogP contribution is -1.78. The Morgan fingerprint density at radius 3 is 1.30 bits per heavy atom. The van der Waals surface area contributed by atoms with E-state index in [4.69, 9.17) is 9.97 Å². The summed E-state index contributed by atoms with van der Waals surface area (Å²) < 4.78 is 2.40. The van der Waals surface area contributed by atoms with Crippen molar-refractivity contribution in [3.8, 4) is 43.4 Å². The van der Waals surface area contributed by atoms with Crippen molar-refractivity contribution in [3.63, 3.8) is 0 Å². The number of nitrogens with zero attached hydrogens (tertiary/aromatic N) is 2. The van der Waals surface area contributed by atoms with E-state index in [1.54, 1.807) is 22.7 Å². The quantitative estimate of drug-likeness (QED) is 0.223. The average molecular weight is 586 g/mol. The zero-order chi connectivity index (χ0) is 28.3. The van der Waals surface area contributed by atoms with E-state index in [9.17, 15) is 0 Å². The molecule has 202 valence electrons. The van der Waals surface area contributed by atoms with Crippen LogP contribution in [0, 0.1) is 0 Å². The van der Waals surface area contributed by atoms with Crippen LogP contribution in [0.2, 0.25) is 0 Å². The number of nitrogens with one attached hydrogen (secondary N) is 1. The van der Waals surface area contributed by atoms with Gasteiger partial charge in [0, 0.05) is 32.9 Å². The fourth-order valence-electron chi connectivity index (χ4n) is 5.88. The maximum absolute atomic E-state index is 5.01. The summed E-state index contributed by atoms with van der Waals surface area (Å²) in [6.45, 7) is 0. The Balaban J connectivity index is 1.11. The van der Waals surface area contributed by atoms with E-state index in [0.717, 1.165) is 43.2 Å². The number of benzene rings is 6. The van der Waals surface area contributed by atoms with E-state index in [1.807, 2.05) is 0 Å². The maximum atomic E-state index is 5.01. The number of thiazole rings is 2. The summed E-state index contributed by atoms with van der Waals surface area (Å²) in [4.78, 5) is 13.6. The second-order valence-electron chi connectivity index (χ2n) is 10.8. The van der Waals surface area contributed by atoms with Gasteiger partial charge in [0.15, 0.2) is 0 Å². The summed E-state index contributed by atoms with van der Waals surface area (Å²) in [5.74, 6) is 0. The Morgan fingerprint density at radius 1 is 0.395 bits per heavy atom. The molecule has 1 N–H and O–H groups in total. The predicted octanol–water partition coefficient (Wildman–Crippen LogP) is 11.2. The Kier molecular flexibility index (Phi) is 5.54. The van der Waals surface area contributed by atoms with Gasteiger partial charge in [0.1, 0.15) is 10.0 Å². The zero-order valence-corrected chi connectivity index (χ0v) is 24.5. The molecule has 0 aliphatic carbocycles. The Labute approximate surface area is 255 Å². The van der Waals surface area contributed by atoms with Crippen molar-refractivity contribution in [2.24, 2.45) is 0 Å². The molecule has 3 aromatic heterocycles. The number of aromatic nitrogens is 3. The standard InChI is InChI=1S/C38H23N3S2/c1-3-7-23(8-4-1)25-11-17-33-35(21-25)42-37(40-33)27-13-15-31-29(19-27)30-20-28(14-16-32(30)39-31)38-41-34-18-12-26(22-36(34)43-38)24-9-5-2-6-10-24/h1-22,39H. The minimum Gasteiger partial charge on any atom is -0.355 e. The lowest BCUT2D eigenvalue weighted by atomic mass is 10.1. The molecular formula is C38H23N3S2. The number of hydrogen-bond donors (Lipinski definition) is 1. The summed E-state index contributed by atoms with van der Waals surface area (Å²) in [5, 5.41) is 4.47. The highest BCUT2D eigenvalue weighted by Gasteiger charge is 2.14. The lowest BCUT2D eigenvalue weighted by molar-refractivity contribution is 1.48. The van der Waals surface area contributed by atoms with E-state index < -0.39 is 0 Å². The van der Waals surface area contributed by atoms with Gasteiger partial charge in [-0.3, -0.25) is 0 Å². The summed E-state index contributed by atoms with van der Waals surface area (Å²) in [7, 11) is 0. The third-order valence-corrected chi connectivity index (χ3v) is 10.2. The molecule has 9 rings (SSSR count). The van der Waals surface area contributed by atoms with Crippen molar-refractivity contribution in [2.45, 2.75) is 0 Å². The van der Waals surface area contributed by atoms with E-state index in [0.29, 0.717) is 0 Å². The van der Waals surface area contributed by atoms with E-state index >= 15 is 0 Å². The topological polar surface area (TPSA) is 41.6 Å². The second kappa shape index (κ2) is 9.73. The van der Waals surface area contributed by atoms with Gasteiger partial charge < -0.3 is 4.98 Å². The van der Waals surface area contributed by atoms with Crippen LogP contribution in [0.3, 0.4) is 0 Å². The molecule has 43 heavy (non-hydrogen) atoms. The fourth-order valence-corrected chi connectivity index (χ4v) is 7.88. The smallest absolute Gasteiger partial charge is 0.124 e. The first-order valence-electron chi connectivity index (χ1n) is 14.2. The number of rotatable bonds is 4. The maximum Gasteiger partial charge on any atom is 0.124 e. The third kappa shape index (κ3) is 4.24. The van der Waals surface area contributed by atoms with Crippen molar-refractivity contribution >= 4 is 64.9 Å². The van der Waals surface area contributed by atoms with Crippen LogP contribution >= 0.6 is 22.7 Å². The normalized spacial score (nSPS) is 11.7. The molecule has 0 radical (unpaired) electrons. The molecule has 0 spiro atoms. The molecule has 5 heteroatoms. The number of H-pyrrole nitrogens is 1. The molecule has 0 aliphatic rings. The zero-order valence-electron chi connectivity index (χ0n) is 22.9. The fraction of sp³-hybridized carbons (Fsp3) is 0. The summed E-state index contributed by atoms with van der Waals surface area (Å²) in [5.41, 5.74) is 11.5. The van der Waals surface area contributed by atoms with Crippen molar-refractivity contribution in [2.75, 3.05) is 0 Å². The van der Waals surface area contributed by atoms with Gasteiger partial charge >= 0.3 is 0 Å². The molecule has 0 unspecified atom stereocenters. The minimum absolute atomic E-state index is 1.03. The summed E-state index contributed by atoms with van der Waals surface area (Å²) >= 11 is 3.50. The Bertz CT molecular complexity index is 2280. The van der Waals surface area contributed by atoms with Crippen LogP contribution in [-0.4, -0.2) is 15.0 Å². The number of fused-ring (bicyclic) bond motifs is 5. The second-order valence-corrected chi connectivity index (χ2v) is 12.8. The molecule has 0 fully saturated rings. The molecule has 3 nitrogen and oxygen atoms in total. The van der Waals surface area contributed by atoms with Crippen LogP contribution in [-0.2, 0) is 0 Å². The molecule has 0 saturated heterocycles. The Morgan fingerprint density at radius 2 is 0.837 bits per heavy atom. The molecule has 0 saturated carbocycles. The van der Waals surface area contributed by atoms with Gasteiger partial charge in [0.05, 0.1) is 20.4 Å². The first kappa shape index (κ1) is 24.5. The van der Waals surface area contributed by atoms with Crippen LogP contribution in [0.25, 0.3) is 85.6 Å². The van der Waals surface area contributed by atoms with Crippen molar-refractivity contribution in [3.05, 3.63) is 133 Å². The highest BCUT2D eigenvalue weighted by molar-refractivity contribution is 7.22. The highest BCUT2D eigenvalue weighted by Crippen LogP contribution is 2.38. The van der Waals surface area contributed by atoms with Gasteiger partial charge in [-0.2, -0.15) is 0 Å². The van der Waals surface area contributed by atoms with Gasteiger partial charge in [0.25, 0.3) is 0 Å². The van der Waals surface area contributed by atoms with Crippen molar-refractivity contribution in [1.82, 2.24) is 15.0 Å². The summed E-state index contributed by atoms with van der Waals surface area (Å²) in [6, 6.07) is 47.4. The predicted molar refractivity (Wildman–Crippen MR) is 184 cm³/mol. The monoisotopic (exact) mass is 585 g/mol. The van der Waals surface area contributed by atoms with Crippen LogP contribution in [0.5, 0.6) is 0 Å². The van der Waals surface area contributed by atoms with Crippen LogP contribution in [0.4, 0.5) is 0 Å². The summed E-state index contributed by atoms with van der Waals surface area (Å²) in [6.07, 6.45) is 0. The molecule has 9 aromatic rings.